The van der Waals surface area contributed by atoms with Crippen molar-refractivity contribution < 1.29 is 4.43 Å². The van der Waals surface area contributed by atoms with E-state index in [1.807, 2.05) is 0 Å². The molecule has 0 aromatic heterocycles. The molecule has 0 spiro atoms. The highest BCUT2D eigenvalue weighted by Gasteiger charge is 2.18. The van der Waals surface area contributed by atoms with Crippen molar-refractivity contribution in [1.82, 2.24) is 0 Å². The fourth-order valence-corrected chi connectivity index (χ4v) is 1.88. The minimum atomic E-state index is -1.24. The zero-order valence-corrected chi connectivity index (χ0v) is 10.2. The molecule has 0 aliphatic heterocycles. The van der Waals surface area contributed by atoms with Crippen LogP contribution in [-0.4, -0.2) is 14.9 Å². The first-order chi connectivity index (χ1) is 5.62. The summed E-state index contributed by atoms with van der Waals surface area (Å²) in [6.07, 6.45) is 5.26. The van der Waals surface area contributed by atoms with Gasteiger partial charge in [-0.1, -0.05) is 33.1 Å². The minimum absolute atomic E-state index is 0.993. The van der Waals surface area contributed by atoms with E-state index in [4.69, 9.17) is 4.43 Å². The van der Waals surface area contributed by atoms with Crippen molar-refractivity contribution in [2.24, 2.45) is 0 Å². The molecule has 0 N–H and O–H groups in total. The van der Waals surface area contributed by atoms with E-state index >= 15 is 0 Å². The fourth-order valence-electron chi connectivity index (χ4n) is 0.979. The van der Waals surface area contributed by atoms with E-state index in [2.05, 4.69) is 26.9 Å². The lowest BCUT2D eigenvalue weighted by atomic mass is 10.2. The Morgan fingerprint density at radius 1 is 1.00 bits per heavy atom. The topological polar surface area (TPSA) is 9.23 Å². The van der Waals surface area contributed by atoms with Gasteiger partial charge in [0, 0.05) is 6.61 Å². The second-order valence-electron chi connectivity index (χ2n) is 4.02. The third-order valence-electron chi connectivity index (χ3n) is 2.34. The average Bonchev–Trinajstić information content (AvgIpc) is 2.04. The summed E-state index contributed by atoms with van der Waals surface area (Å²) in [5, 5.41) is 0. The standard InChI is InChI=1S/C10H24OSi/c1-5-7-8-9-10-11-12(3,4)6-2/h5-10H2,1-4H3. The molecule has 1 nitrogen and oxygen atoms in total. The Kier molecular flexibility index (Phi) is 6.77. The fraction of sp³-hybridized carbons (Fsp3) is 1.00. The molecule has 0 bridgehead atoms. The molecule has 12 heavy (non-hydrogen) atoms. The van der Waals surface area contributed by atoms with Crippen molar-refractivity contribution in [3.63, 3.8) is 0 Å². The maximum Gasteiger partial charge on any atom is 0.186 e. The molecular formula is C10H24OSi. The summed E-state index contributed by atoms with van der Waals surface area (Å²) < 4.78 is 5.86. The second-order valence-corrected chi connectivity index (χ2v) is 8.54. The maximum absolute atomic E-state index is 5.86. The molecule has 0 fully saturated rings. The van der Waals surface area contributed by atoms with Crippen LogP contribution in [0.5, 0.6) is 0 Å². The van der Waals surface area contributed by atoms with E-state index < -0.39 is 8.32 Å². The van der Waals surface area contributed by atoms with Crippen molar-refractivity contribution in [2.45, 2.75) is 58.7 Å². The second kappa shape index (κ2) is 6.67. The molecule has 0 heterocycles. The number of unbranched alkanes of at least 4 members (excludes halogenated alkanes) is 3. The quantitative estimate of drug-likeness (QED) is 0.436. The van der Waals surface area contributed by atoms with E-state index in [1.165, 1.54) is 31.7 Å². The molecule has 74 valence electrons. The van der Waals surface area contributed by atoms with Crippen LogP contribution < -0.4 is 0 Å². The molecular weight excluding hydrogens is 164 g/mol. The molecule has 0 aliphatic rings. The van der Waals surface area contributed by atoms with Crippen LogP contribution in [0.2, 0.25) is 19.1 Å². The minimum Gasteiger partial charge on any atom is -0.417 e. The number of hydrogen-bond acceptors (Lipinski definition) is 1. The maximum atomic E-state index is 5.86. The Labute approximate surface area is 78.6 Å². The van der Waals surface area contributed by atoms with Crippen LogP contribution in [0.3, 0.4) is 0 Å². The van der Waals surface area contributed by atoms with Gasteiger partial charge in [-0.3, -0.25) is 0 Å². The predicted molar refractivity (Wildman–Crippen MR) is 58.1 cm³/mol. The summed E-state index contributed by atoms with van der Waals surface area (Å²) in [6.45, 7) is 10.1. The predicted octanol–water partition coefficient (Wildman–Crippen LogP) is 3.81. The summed E-state index contributed by atoms with van der Waals surface area (Å²) in [6, 6.07) is 1.24. The molecule has 0 saturated carbocycles. The monoisotopic (exact) mass is 188 g/mol. The molecule has 0 saturated heterocycles. The van der Waals surface area contributed by atoms with Gasteiger partial charge in [-0.25, -0.2) is 0 Å². The Morgan fingerprint density at radius 2 is 1.67 bits per heavy atom. The van der Waals surface area contributed by atoms with E-state index in [0.717, 1.165) is 6.61 Å². The Balaban J connectivity index is 3.19. The van der Waals surface area contributed by atoms with Gasteiger partial charge in [0.15, 0.2) is 8.32 Å². The van der Waals surface area contributed by atoms with Crippen molar-refractivity contribution >= 4 is 8.32 Å². The van der Waals surface area contributed by atoms with Crippen molar-refractivity contribution in [1.29, 1.82) is 0 Å². The van der Waals surface area contributed by atoms with Gasteiger partial charge in [-0.15, -0.1) is 0 Å². The molecule has 0 aromatic carbocycles. The zero-order chi connectivity index (χ0) is 9.45. The highest BCUT2D eigenvalue weighted by molar-refractivity contribution is 6.71. The van der Waals surface area contributed by atoms with Crippen molar-refractivity contribution in [3.05, 3.63) is 0 Å². The van der Waals surface area contributed by atoms with Gasteiger partial charge in [0.05, 0.1) is 0 Å². The summed E-state index contributed by atoms with van der Waals surface area (Å²) >= 11 is 0. The summed E-state index contributed by atoms with van der Waals surface area (Å²) in [4.78, 5) is 0. The molecule has 0 rings (SSSR count). The largest absolute Gasteiger partial charge is 0.417 e. The van der Waals surface area contributed by atoms with Gasteiger partial charge in [0.2, 0.25) is 0 Å². The van der Waals surface area contributed by atoms with Crippen LogP contribution in [-0.2, 0) is 4.43 Å². The molecule has 0 aliphatic carbocycles. The van der Waals surface area contributed by atoms with E-state index in [1.54, 1.807) is 0 Å². The molecule has 0 unspecified atom stereocenters. The zero-order valence-electron chi connectivity index (χ0n) is 9.15. The van der Waals surface area contributed by atoms with E-state index in [0.29, 0.717) is 0 Å². The summed E-state index contributed by atoms with van der Waals surface area (Å²) in [5.41, 5.74) is 0. The Morgan fingerprint density at radius 3 is 2.17 bits per heavy atom. The van der Waals surface area contributed by atoms with Gasteiger partial charge >= 0.3 is 0 Å². The lowest BCUT2D eigenvalue weighted by molar-refractivity contribution is 0.295. The molecule has 0 radical (unpaired) electrons. The van der Waals surface area contributed by atoms with Crippen LogP contribution >= 0.6 is 0 Å². The molecule has 2 heteroatoms. The van der Waals surface area contributed by atoms with Gasteiger partial charge in [0.1, 0.15) is 0 Å². The van der Waals surface area contributed by atoms with Crippen LogP contribution in [0, 0.1) is 0 Å². The number of rotatable bonds is 7. The summed E-state index contributed by atoms with van der Waals surface area (Å²) in [7, 11) is -1.24. The van der Waals surface area contributed by atoms with E-state index in [9.17, 15) is 0 Å². The smallest absolute Gasteiger partial charge is 0.186 e. The lowest BCUT2D eigenvalue weighted by Gasteiger charge is -2.20. The van der Waals surface area contributed by atoms with Crippen LogP contribution in [0.25, 0.3) is 0 Å². The van der Waals surface area contributed by atoms with Gasteiger partial charge in [-0.2, -0.15) is 0 Å². The van der Waals surface area contributed by atoms with Crippen molar-refractivity contribution in [2.75, 3.05) is 6.61 Å². The van der Waals surface area contributed by atoms with Gasteiger partial charge in [-0.05, 0) is 25.6 Å². The van der Waals surface area contributed by atoms with Crippen LogP contribution in [0.1, 0.15) is 39.5 Å². The Bertz CT molecular complexity index is 102. The average molecular weight is 188 g/mol. The van der Waals surface area contributed by atoms with E-state index in [-0.39, 0.29) is 0 Å². The SMILES string of the molecule is CCCCCCO[Si](C)(C)CC. The highest BCUT2D eigenvalue weighted by atomic mass is 28.4. The Hall–Kier alpha value is 0.177. The third-order valence-corrected chi connectivity index (χ3v) is 5.03. The first-order valence-electron chi connectivity index (χ1n) is 5.26. The lowest BCUT2D eigenvalue weighted by Crippen LogP contribution is -2.29. The van der Waals surface area contributed by atoms with Gasteiger partial charge in [0.25, 0.3) is 0 Å². The molecule has 0 aromatic rings. The van der Waals surface area contributed by atoms with Crippen LogP contribution in [0.15, 0.2) is 0 Å². The molecule has 0 atom stereocenters. The highest BCUT2D eigenvalue weighted by Crippen LogP contribution is 2.11. The normalized spacial score (nSPS) is 12.0. The summed E-state index contributed by atoms with van der Waals surface area (Å²) in [5.74, 6) is 0. The number of hydrogen-bond donors (Lipinski definition) is 0. The van der Waals surface area contributed by atoms with Crippen LogP contribution in [0.4, 0.5) is 0 Å². The van der Waals surface area contributed by atoms with Crippen molar-refractivity contribution in [3.8, 4) is 0 Å². The molecule has 0 amide bonds. The third kappa shape index (κ3) is 6.86. The van der Waals surface area contributed by atoms with Gasteiger partial charge < -0.3 is 4.43 Å². The first-order valence-corrected chi connectivity index (χ1v) is 8.38. The first kappa shape index (κ1) is 12.2.